The van der Waals surface area contributed by atoms with Crippen LogP contribution in [-0.2, 0) is 20.1 Å². The summed E-state index contributed by atoms with van der Waals surface area (Å²) in [5, 5.41) is 0.878. The fraction of sp³-hybridized carbons (Fsp3) is 0.0625. The van der Waals surface area contributed by atoms with E-state index in [0.29, 0.717) is 16.8 Å². The third-order valence-corrected chi connectivity index (χ3v) is 5.74. The molecule has 0 saturated carbocycles. The number of halogens is 2. The van der Waals surface area contributed by atoms with Crippen molar-refractivity contribution in [2.75, 3.05) is 0 Å². The van der Waals surface area contributed by atoms with Gasteiger partial charge in [-0.1, -0.05) is 23.8 Å². The van der Waals surface area contributed by atoms with Gasteiger partial charge in [0, 0.05) is 43.4 Å². The molecule has 1 radical (unpaired) electrons. The standard InChI is InChI=1S/C20H12F2NO.C12H10N.Ir/c1-12-9-17-19(24-12)7-8-23-20(17)14-4-2-3-13(10-14)16-6-5-15(21)11-18(16)22;1-10-6-5-9-12(13-10)11-7-3-2-4-8-11;/h2-3,5-11H,1H3;2-7,9H,1H3;/q2*-1;. The molecular formula is C32H22F2IrN2O-2. The number of fused-ring (bicyclic) bond motifs is 1. The molecule has 0 spiro atoms. The summed E-state index contributed by atoms with van der Waals surface area (Å²) < 4.78 is 32.8. The Hall–Kier alpha value is -3.99. The zero-order valence-electron chi connectivity index (χ0n) is 20.6. The van der Waals surface area contributed by atoms with E-state index in [1.54, 1.807) is 30.5 Å². The fourth-order valence-electron chi connectivity index (χ4n) is 4.04. The molecule has 3 aromatic carbocycles. The van der Waals surface area contributed by atoms with Gasteiger partial charge in [0.25, 0.3) is 0 Å². The number of furan rings is 1. The normalized spacial score (nSPS) is 10.4. The number of benzene rings is 3. The van der Waals surface area contributed by atoms with Gasteiger partial charge in [-0.3, -0.25) is 0 Å². The monoisotopic (exact) mass is 681 g/mol. The van der Waals surface area contributed by atoms with Crippen LogP contribution in [0.1, 0.15) is 11.5 Å². The van der Waals surface area contributed by atoms with Crippen LogP contribution in [0.5, 0.6) is 0 Å². The maximum atomic E-state index is 14.0. The molecule has 0 aliphatic rings. The Balaban J connectivity index is 0.000000204. The molecule has 0 bridgehead atoms. The maximum Gasteiger partial charge on any atom is 0.132 e. The first-order valence-electron chi connectivity index (χ1n) is 11.7. The average Bonchev–Trinajstić information content (AvgIpc) is 3.30. The number of nitrogens with zero attached hydrogens (tertiary/aromatic N) is 2. The van der Waals surface area contributed by atoms with Gasteiger partial charge in [0.2, 0.25) is 0 Å². The summed E-state index contributed by atoms with van der Waals surface area (Å²) in [7, 11) is 0. The molecule has 0 amide bonds. The van der Waals surface area contributed by atoms with E-state index in [1.165, 1.54) is 12.1 Å². The Morgan fingerprint density at radius 2 is 1.63 bits per heavy atom. The Labute approximate surface area is 233 Å². The van der Waals surface area contributed by atoms with Crippen LogP contribution in [0.25, 0.3) is 44.6 Å². The van der Waals surface area contributed by atoms with Crippen LogP contribution in [0.3, 0.4) is 0 Å². The molecule has 0 fully saturated rings. The minimum atomic E-state index is -0.600. The van der Waals surface area contributed by atoms with Crippen LogP contribution in [0.15, 0.2) is 102 Å². The number of aromatic nitrogens is 2. The Morgan fingerprint density at radius 1 is 0.789 bits per heavy atom. The SMILES string of the molecule is Cc1cc2c(-c3[c-]ccc(-c4ccc(F)cc4F)c3)nccc2o1.Cc1cccc(-c2[c-]cccc2)n1.[Ir]. The second-order valence-electron chi connectivity index (χ2n) is 8.48. The van der Waals surface area contributed by atoms with Gasteiger partial charge in [0.15, 0.2) is 0 Å². The first kappa shape index (κ1) is 27.1. The number of hydrogen-bond acceptors (Lipinski definition) is 3. The van der Waals surface area contributed by atoms with Crippen molar-refractivity contribution in [2.45, 2.75) is 13.8 Å². The van der Waals surface area contributed by atoms with Crippen molar-refractivity contribution < 1.29 is 33.3 Å². The van der Waals surface area contributed by atoms with Crippen molar-refractivity contribution in [3.63, 3.8) is 0 Å². The summed E-state index contributed by atoms with van der Waals surface area (Å²) in [6.45, 7) is 3.87. The van der Waals surface area contributed by atoms with E-state index in [9.17, 15) is 8.78 Å². The van der Waals surface area contributed by atoms with Gasteiger partial charge in [-0.2, -0.15) is 0 Å². The third kappa shape index (κ3) is 6.10. The van der Waals surface area contributed by atoms with Crippen LogP contribution >= 0.6 is 0 Å². The Morgan fingerprint density at radius 3 is 2.39 bits per heavy atom. The van der Waals surface area contributed by atoms with Gasteiger partial charge in [-0.25, -0.2) is 8.78 Å². The molecule has 0 unspecified atom stereocenters. The molecule has 38 heavy (non-hydrogen) atoms. The minimum absolute atomic E-state index is 0. The smallest absolute Gasteiger partial charge is 0.132 e. The molecule has 3 aromatic heterocycles. The Kier molecular flexibility index (Phi) is 8.57. The van der Waals surface area contributed by atoms with Gasteiger partial charge in [0.1, 0.15) is 23.0 Å². The molecule has 6 rings (SSSR count). The summed E-state index contributed by atoms with van der Waals surface area (Å²) in [5.41, 5.74) is 6.23. The summed E-state index contributed by atoms with van der Waals surface area (Å²) in [4.78, 5) is 8.83. The van der Waals surface area contributed by atoms with Crippen molar-refractivity contribution in [3.05, 3.63) is 132 Å². The van der Waals surface area contributed by atoms with E-state index in [2.05, 4.69) is 22.1 Å². The summed E-state index contributed by atoms with van der Waals surface area (Å²) >= 11 is 0. The molecular weight excluding hydrogens is 659 g/mol. The van der Waals surface area contributed by atoms with Gasteiger partial charge >= 0.3 is 0 Å². The second kappa shape index (κ2) is 12.0. The van der Waals surface area contributed by atoms with E-state index in [1.807, 2.05) is 62.4 Å². The van der Waals surface area contributed by atoms with Crippen molar-refractivity contribution in [3.8, 4) is 33.6 Å². The molecule has 6 aromatic rings. The molecule has 191 valence electrons. The largest absolute Gasteiger partial charge is 0.462 e. The molecule has 0 saturated heterocycles. The molecule has 0 N–H and O–H groups in total. The molecule has 6 heteroatoms. The summed E-state index contributed by atoms with van der Waals surface area (Å²) in [6, 6.07) is 32.7. The average molecular weight is 681 g/mol. The zero-order valence-corrected chi connectivity index (χ0v) is 23.0. The third-order valence-electron chi connectivity index (χ3n) is 5.74. The molecule has 3 heterocycles. The van der Waals surface area contributed by atoms with E-state index >= 15 is 0 Å². The van der Waals surface area contributed by atoms with Crippen LogP contribution in [-0.4, -0.2) is 9.97 Å². The summed E-state index contributed by atoms with van der Waals surface area (Å²) in [6.07, 6.45) is 1.67. The first-order chi connectivity index (χ1) is 18.0. The number of hydrogen-bond donors (Lipinski definition) is 0. The predicted octanol–water partition coefficient (Wildman–Crippen LogP) is 8.40. The van der Waals surface area contributed by atoms with Gasteiger partial charge < -0.3 is 14.4 Å². The van der Waals surface area contributed by atoms with E-state index in [-0.39, 0.29) is 20.1 Å². The predicted molar refractivity (Wildman–Crippen MR) is 142 cm³/mol. The van der Waals surface area contributed by atoms with Gasteiger partial charge in [0.05, 0.1) is 0 Å². The number of pyridine rings is 2. The second-order valence-corrected chi connectivity index (χ2v) is 8.48. The van der Waals surface area contributed by atoms with E-state index in [0.717, 1.165) is 45.3 Å². The number of rotatable bonds is 3. The Bertz CT molecular complexity index is 1680. The molecule has 3 nitrogen and oxygen atoms in total. The minimum Gasteiger partial charge on any atom is -0.462 e. The van der Waals surface area contributed by atoms with Crippen molar-refractivity contribution in [2.24, 2.45) is 0 Å². The van der Waals surface area contributed by atoms with Crippen molar-refractivity contribution in [1.82, 2.24) is 9.97 Å². The quantitative estimate of drug-likeness (QED) is 0.176. The molecule has 0 aliphatic heterocycles. The molecule has 0 atom stereocenters. The maximum absolute atomic E-state index is 14.0. The van der Waals surface area contributed by atoms with Gasteiger partial charge in [-0.15, -0.1) is 65.7 Å². The number of aryl methyl sites for hydroxylation is 2. The van der Waals surface area contributed by atoms with Crippen LogP contribution in [0.4, 0.5) is 8.78 Å². The topological polar surface area (TPSA) is 38.9 Å². The van der Waals surface area contributed by atoms with Crippen molar-refractivity contribution >= 4 is 11.0 Å². The van der Waals surface area contributed by atoms with E-state index in [4.69, 9.17) is 4.42 Å². The van der Waals surface area contributed by atoms with E-state index < -0.39 is 11.6 Å². The van der Waals surface area contributed by atoms with Crippen LogP contribution in [0, 0.1) is 37.6 Å². The zero-order chi connectivity index (χ0) is 25.8. The van der Waals surface area contributed by atoms with Crippen molar-refractivity contribution in [1.29, 1.82) is 0 Å². The fourth-order valence-corrected chi connectivity index (χ4v) is 4.04. The first-order valence-corrected chi connectivity index (χ1v) is 11.7. The van der Waals surface area contributed by atoms with Gasteiger partial charge in [-0.05, 0) is 55.1 Å². The van der Waals surface area contributed by atoms with Crippen LogP contribution < -0.4 is 0 Å². The summed E-state index contributed by atoms with van der Waals surface area (Å²) in [5.74, 6) is -0.406. The van der Waals surface area contributed by atoms with Crippen LogP contribution in [0.2, 0.25) is 0 Å². The molecule has 0 aliphatic carbocycles.